The molecule has 0 saturated heterocycles. The van der Waals surface area contributed by atoms with Crippen molar-refractivity contribution >= 4 is 17.3 Å². The third-order valence-corrected chi connectivity index (χ3v) is 3.52. The predicted molar refractivity (Wildman–Crippen MR) is 74.9 cm³/mol. The van der Waals surface area contributed by atoms with E-state index in [-0.39, 0.29) is 16.9 Å². The summed E-state index contributed by atoms with van der Waals surface area (Å²) in [6, 6.07) is 10.3. The standard InChI is InChI=1S/C15H11FN2O3/c16-12-6-2-1-5-11(12)15(19)17-9-8-10-4-3-7-13(14(10)17)18(20)21/h1-7H,8-9H2. The Morgan fingerprint density at radius 1 is 1.19 bits per heavy atom. The van der Waals surface area contributed by atoms with E-state index < -0.39 is 16.6 Å². The Morgan fingerprint density at radius 3 is 2.67 bits per heavy atom. The van der Waals surface area contributed by atoms with Gasteiger partial charge in [-0.3, -0.25) is 14.9 Å². The quantitative estimate of drug-likeness (QED) is 0.630. The molecule has 0 bridgehead atoms. The monoisotopic (exact) mass is 286 g/mol. The van der Waals surface area contributed by atoms with E-state index >= 15 is 0 Å². The van der Waals surface area contributed by atoms with E-state index in [9.17, 15) is 19.3 Å². The summed E-state index contributed by atoms with van der Waals surface area (Å²) in [5, 5.41) is 11.1. The van der Waals surface area contributed by atoms with E-state index in [4.69, 9.17) is 0 Å². The summed E-state index contributed by atoms with van der Waals surface area (Å²) in [6.45, 7) is 0.313. The number of para-hydroxylation sites is 1. The van der Waals surface area contributed by atoms with Crippen molar-refractivity contribution in [3.8, 4) is 0 Å². The molecule has 5 nitrogen and oxygen atoms in total. The number of hydrogen-bond donors (Lipinski definition) is 0. The molecule has 0 spiro atoms. The van der Waals surface area contributed by atoms with Crippen molar-refractivity contribution in [2.45, 2.75) is 6.42 Å². The van der Waals surface area contributed by atoms with Gasteiger partial charge in [0.2, 0.25) is 0 Å². The number of nitro benzene ring substituents is 1. The van der Waals surface area contributed by atoms with Crippen molar-refractivity contribution < 1.29 is 14.1 Å². The SMILES string of the molecule is O=C(c1ccccc1F)N1CCc2cccc([N+](=O)[O-])c21. The molecule has 0 radical (unpaired) electrons. The lowest BCUT2D eigenvalue weighted by Crippen LogP contribution is -2.30. The van der Waals surface area contributed by atoms with Gasteiger partial charge in [-0.05, 0) is 24.1 Å². The highest BCUT2D eigenvalue weighted by Crippen LogP contribution is 2.37. The van der Waals surface area contributed by atoms with Crippen LogP contribution < -0.4 is 4.90 Å². The first-order valence-electron chi connectivity index (χ1n) is 6.42. The molecule has 1 aliphatic rings. The van der Waals surface area contributed by atoms with Crippen LogP contribution in [0, 0.1) is 15.9 Å². The molecule has 106 valence electrons. The van der Waals surface area contributed by atoms with Gasteiger partial charge in [0.25, 0.3) is 11.6 Å². The number of fused-ring (bicyclic) bond motifs is 1. The van der Waals surface area contributed by atoms with Crippen LogP contribution in [0.15, 0.2) is 42.5 Å². The number of rotatable bonds is 2. The van der Waals surface area contributed by atoms with Crippen molar-refractivity contribution in [3.63, 3.8) is 0 Å². The number of halogens is 1. The Labute approximate surface area is 119 Å². The molecule has 2 aromatic rings. The van der Waals surface area contributed by atoms with Gasteiger partial charge in [-0.25, -0.2) is 4.39 Å². The molecule has 21 heavy (non-hydrogen) atoms. The van der Waals surface area contributed by atoms with Crippen LogP contribution in [0.2, 0.25) is 0 Å². The maximum atomic E-state index is 13.7. The van der Waals surface area contributed by atoms with E-state index in [1.54, 1.807) is 18.2 Å². The summed E-state index contributed by atoms with van der Waals surface area (Å²) in [5.41, 5.74) is 0.794. The minimum Gasteiger partial charge on any atom is -0.302 e. The zero-order valence-corrected chi connectivity index (χ0v) is 11.0. The topological polar surface area (TPSA) is 63.5 Å². The fourth-order valence-corrected chi connectivity index (χ4v) is 2.57. The first kappa shape index (κ1) is 13.2. The fraction of sp³-hybridized carbons (Fsp3) is 0.133. The molecule has 0 saturated carbocycles. The lowest BCUT2D eigenvalue weighted by molar-refractivity contribution is -0.384. The van der Waals surface area contributed by atoms with Gasteiger partial charge in [0, 0.05) is 12.6 Å². The molecule has 0 atom stereocenters. The third-order valence-electron chi connectivity index (χ3n) is 3.52. The highest BCUT2D eigenvalue weighted by molar-refractivity contribution is 6.08. The summed E-state index contributed by atoms with van der Waals surface area (Å²) in [4.78, 5) is 24.4. The number of hydrogen-bond acceptors (Lipinski definition) is 3. The Bertz CT molecular complexity index is 745. The average Bonchev–Trinajstić information content (AvgIpc) is 2.90. The van der Waals surface area contributed by atoms with Gasteiger partial charge in [-0.1, -0.05) is 24.3 Å². The Hall–Kier alpha value is -2.76. The Kier molecular flexibility index (Phi) is 3.13. The van der Waals surface area contributed by atoms with E-state index in [0.717, 1.165) is 5.56 Å². The van der Waals surface area contributed by atoms with Crippen LogP contribution >= 0.6 is 0 Å². The second-order valence-corrected chi connectivity index (χ2v) is 4.73. The van der Waals surface area contributed by atoms with E-state index in [0.29, 0.717) is 13.0 Å². The van der Waals surface area contributed by atoms with Gasteiger partial charge in [-0.2, -0.15) is 0 Å². The highest BCUT2D eigenvalue weighted by atomic mass is 19.1. The average molecular weight is 286 g/mol. The molecular weight excluding hydrogens is 275 g/mol. The normalized spacial score (nSPS) is 13.1. The van der Waals surface area contributed by atoms with Gasteiger partial charge in [-0.15, -0.1) is 0 Å². The summed E-state index contributed by atoms with van der Waals surface area (Å²) in [5.74, 6) is -1.18. The lowest BCUT2D eigenvalue weighted by atomic mass is 10.1. The van der Waals surface area contributed by atoms with Gasteiger partial charge in [0.05, 0.1) is 10.5 Å². The summed E-state index contributed by atoms with van der Waals surface area (Å²) < 4.78 is 13.7. The van der Waals surface area contributed by atoms with E-state index in [1.807, 2.05) is 0 Å². The molecule has 3 rings (SSSR count). The Balaban J connectivity index is 2.07. The van der Waals surface area contributed by atoms with Crippen LogP contribution in [0.3, 0.4) is 0 Å². The zero-order chi connectivity index (χ0) is 15.0. The number of nitro groups is 1. The van der Waals surface area contributed by atoms with Crippen LogP contribution in [-0.2, 0) is 6.42 Å². The molecule has 0 N–H and O–H groups in total. The number of carbonyl (C=O) groups is 1. The lowest BCUT2D eigenvalue weighted by Gasteiger charge is -2.17. The predicted octanol–water partition coefficient (Wildman–Crippen LogP) is 2.94. The van der Waals surface area contributed by atoms with Crippen LogP contribution in [0.4, 0.5) is 15.8 Å². The number of benzene rings is 2. The van der Waals surface area contributed by atoms with Crippen molar-refractivity contribution in [2.24, 2.45) is 0 Å². The second-order valence-electron chi connectivity index (χ2n) is 4.73. The summed E-state index contributed by atoms with van der Waals surface area (Å²) >= 11 is 0. The molecule has 1 aliphatic heterocycles. The molecule has 6 heteroatoms. The smallest absolute Gasteiger partial charge is 0.293 e. The molecule has 1 heterocycles. The molecule has 2 aromatic carbocycles. The first-order chi connectivity index (χ1) is 10.1. The third kappa shape index (κ3) is 2.14. The van der Waals surface area contributed by atoms with Crippen molar-refractivity contribution in [1.29, 1.82) is 0 Å². The summed E-state index contributed by atoms with van der Waals surface area (Å²) in [7, 11) is 0. The van der Waals surface area contributed by atoms with Crippen LogP contribution in [-0.4, -0.2) is 17.4 Å². The number of amides is 1. The molecule has 0 fully saturated rings. The van der Waals surface area contributed by atoms with Crippen LogP contribution in [0.25, 0.3) is 0 Å². The molecular formula is C15H11FN2O3. The van der Waals surface area contributed by atoms with Crippen molar-refractivity contribution in [3.05, 3.63) is 69.5 Å². The Morgan fingerprint density at radius 2 is 1.95 bits per heavy atom. The van der Waals surface area contributed by atoms with E-state index in [2.05, 4.69) is 0 Å². The second kappa shape index (κ2) is 4.97. The molecule has 0 unspecified atom stereocenters. The van der Waals surface area contributed by atoms with Gasteiger partial charge >= 0.3 is 0 Å². The number of anilines is 1. The molecule has 0 aromatic heterocycles. The fourth-order valence-electron chi connectivity index (χ4n) is 2.57. The van der Waals surface area contributed by atoms with Crippen LogP contribution in [0.5, 0.6) is 0 Å². The minimum atomic E-state index is -0.630. The van der Waals surface area contributed by atoms with Crippen molar-refractivity contribution in [2.75, 3.05) is 11.4 Å². The number of nitrogens with zero attached hydrogens (tertiary/aromatic N) is 2. The minimum absolute atomic E-state index is 0.0801. The van der Waals surface area contributed by atoms with Gasteiger partial charge in [0.15, 0.2) is 0 Å². The van der Waals surface area contributed by atoms with Gasteiger partial charge < -0.3 is 4.90 Å². The highest BCUT2D eigenvalue weighted by Gasteiger charge is 2.33. The maximum absolute atomic E-state index is 13.7. The summed E-state index contributed by atoms with van der Waals surface area (Å²) in [6.07, 6.45) is 0.525. The van der Waals surface area contributed by atoms with E-state index in [1.165, 1.54) is 29.2 Å². The van der Waals surface area contributed by atoms with Gasteiger partial charge in [0.1, 0.15) is 11.5 Å². The largest absolute Gasteiger partial charge is 0.302 e. The number of carbonyl (C=O) groups excluding carboxylic acids is 1. The molecule has 1 amide bonds. The zero-order valence-electron chi connectivity index (χ0n) is 11.0. The first-order valence-corrected chi connectivity index (χ1v) is 6.42. The van der Waals surface area contributed by atoms with Crippen LogP contribution in [0.1, 0.15) is 15.9 Å². The molecule has 0 aliphatic carbocycles. The maximum Gasteiger partial charge on any atom is 0.293 e. The van der Waals surface area contributed by atoms with Crippen molar-refractivity contribution in [1.82, 2.24) is 0 Å².